The Morgan fingerprint density at radius 2 is 1.90 bits per heavy atom. The molecule has 21 heavy (non-hydrogen) atoms. The van der Waals surface area contributed by atoms with Crippen molar-refractivity contribution in [1.29, 1.82) is 0 Å². The molecule has 0 aliphatic heterocycles. The number of esters is 1. The first kappa shape index (κ1) is 14.9. The number of methoxy groups -OCH3 is 1. The summed E-state index contributed by atoms with van der Waals surface area (Å²) in [4.78, 5) is 38.3. The molecule has 0 fully saturated rings. The highest BCUT2D eigenvalue weighted by Crippen LogP contribution is 2.15. The molecule has 8 heteroatoms. The summed E-state index contributed by atoms with van der Waals surface area (Å²) in [7, 11) is 1.27. The van der Waals surface area contributed by atoms with Gasteiger partial charge in [0.1, 0.15) is 6.61 Å². The van der Waals surface area contributed by atoms with Gasteiger partial charge < -0.3 is 25.2 Å². The van der Waals surface area contributed by atoms with Crippen molar-refractivity contribution in [3.8, 4) is 0 Å². The molecule has 8 nitrogen and oxygen atoms in total. The van der Waals surface area contributed by atoms with Crippen molar-refractivity contribution in [2.45, 2.75) is 6.04 Å². The second kappa shape index (κ2) is 6.33. The summed E-state index contributed by atoms with van der Waals surface area (Å²) in [5.74, 6) is -0.484. The predicted molar refractivity (Wildman–Crippen MR) is 75.0 cm³/mol. The number of carbonyl (C=O) groups is 1. The molecule has 112 valence electrons. The van der Waals surface area contributed by atoms with Gasteiger partial charge in [0.15, 0.2) is 0 Å². The van der Waals surface area contributed by atoms with Gasteiger partial charge in [0.2, 0.25) is 0 Å². The maximum atomic E-state index is 11.3. The van der Waals surface area contributed by atoms with Gasteiger partial charge in [-0.3, -0.25) is 9.59 Å². The number of hydrogen-bond donors (Lipinski definition) is 3. The number of carbonyl (C=O) groups excluding carboxylic acids is 1. The number of nitrogens with two attached hydrogens (primary N) is 1. The summed E-state index contributed by atoms with van der Waals surface area (Å²) in [5, 5.41) is 0. The molecule has 4 N–H and O–H groups in total. The zero-order valence-electron chi connectivity index (χ0n) is 11.3. The fourth-order valence-electron chi connectivity index (χ4n) is 1.79. The van der Waals surface area contributed by atoms with Crippen molar-refractivity contribution in [1.82, 2.24) is 9.97 Å². The van der Waals surface area contributed by atoms with Crippen LogP contribution in [0.15, 0.2) is 27.8 Å². The average Bonchev–Trinajstić information content (AvgIpc) is 2.47. The normalized spacial score (nSPS) is 12.3. The molecule has 2 rings (SSSR count). The number of ether oxygens (including phenoxy) is 2. The van der Waals surface area contributed by atoms with Gasteiger partial charge in [-0.05, 0) is 17.7 Å². The van der Waals surface area contributed by atoms with Gasteiger partial charge in [-0.25, -0.2) is 4.79 Å². The Balaban J connectivity index is 2.14. The fraction of sp³-hybridized carbons (Fsp3) is 0.308. The first-order chi connectivity index (χ1) is 10.0. The number of hydrogen-bond acceptors (Lipinski definition) is 6. The van der Waals surface area contributed by atoms with E-state index in [1.807, 2.05) is 0 Å². The van der Waals surface area contributed by atoms with Crippen molar-refractivity contribution < 1.29 is 14.3 Å². The average molecular weight is 293 g/mol. The van der Waals surface area contributed by atoms with E-state index in [9.17, 15) is 14.4 Å². The molecule has 0 saturated heterocycles. The third kappa shape index (κ3) is 3.56. The van der Waals surface area contributed by atoms with Crippen molar-refractivity contribution in [3.63, 3.8) is 0 Å². The van der Waals surface area contributed by atoms with Crippen LogP contribution >= 0.6 is 0 Å². The Morgan fingerprint density at radius 3 is 2.57 bits per heavy atom. The van der Waals surface area contributed by atoms with E-state index >= 15 is 0 Å². The van der Waals surface area contributed by atoms with Gasteiger partial charge in [-0.1, -0.05) is 6.07 Å². The summed E-state index contributed by atoms with van der Waals surface area (Å²) < 4.78 is 9.57. The molecular formula is C13H15N3O5. The zero-order chi connectivity index (χ0) is 15.4. The van der Waals surface area contributed by atoms with Crippen molar-refractivity contribution >= 4 is 17.0 Å². The van der Waals surface area contributed by atoms with Crippen LogP contribution in [-0.2, 0) is 14.3 Å². The molecule has 1 unspecified atom stereocenters. The molecule has 1 heterocycles. The molecule has 0 spiro atoms. The largest absolute Gasteiger partial charge is 0.467 e. The number of benzene rings is 1. The minimum absolute atomic E-state index is 0.119. The minimum atomic E-state index is -0.727. The molecule has 1 aromatic heterocycles. The van der Waals surface area contributed by atoms with Gasteiger partial charge >= 0.3 is 17.1 Å². The number of fused-ring (bicyclic) bond motifs is 1. The topological polar surface area (TPSA) is 127 Å². The summed E-state index contributed by atoms with van der Waals surface area (Å²) >= 11 is 0. The van der Waals surface area contributed by atoms with Gasteiger partial charge in [-0.15, -0.1) is 0 Å². The van der Waals surface area contributed by atoms with E-state index in [0.717, 1.165) is 0 Å². The smallest absolute Gasteiger partial charge is 0.331 e. The molecule has 2 aromatic rings. The third-order valence-electron chi connectivity index (χ3n) is 2.92. The lowest BCUT2D eigenvalue weighted by Crippen LogP contribution is -2.29. The second-order valence-corrected chi connectivity index (χ2v) is 4.41. The van der Waals surface area contributed by atoms with Crippen LogP contribution in [0.2, 0.25) is 0 Å². The van der Waals surface area contributed by atoms with E-state index in [1.54, 1.807) is 18.2 Å². The lowest BCUT2D eigenvalue weighted by atomic mass is 10.1. The van der Waals surface area contributed by atoms with Crippen molar-refractivity contribution in [2.75, 3.05) is 20.3 Å². The maximum absolute atomic E-state index is 11.3. The fourth-order valence-corrected chi connectivity index (χ4v) is 1.79. The lowest BCUT2D eigenvalue weighted by Gasteiger charge is -2.12. The summed E-state index contributed by atoms with van der Waals surface area (Å²) in [6.07, 6.45) is 0. The third-order valence-corrected chi connectivity index (χ3v) is 2.92. The standard InChI is InChI=1S/C13H15N3O5/c1-20-11(17)6-21-5-8(14)7-2-3-9-10(4-7)16-13(19)12(18)15-9/h2-4,8H,5-6,14H2,1H3,(H,15,18)(H,16,19). The number of H-pyrrole nitrogens is 2. The van der Waals surface area contributed by atoms with E-state index in [4.69, 9.17) is 10.5 Å². The van der Waals surface area contributed by atoms with E-state index in [0.29, 0.717) is 16.6 Å². The van der Waals surface area contributed by atoms with E-state index in [1.165, 1.54) is 7.11 Å². The molecule has 0 aliphatic carbocycles. The number of nitrogens with one attached hydrogen (secondary N) is 2. The van der Waals surface area contributed by atoms with Crippen LogP contribution < -0.4 is 16.9 Å². The summed E-state index contributed by atoms with van der Waals surface area (Å²) in [6.45, 7) is -0.0594. The van der Waals surface area contributed by atoms with Gasteiger partial charge in [0.05, 0.1) is 30.8 Å². The van der Waals surface area contributed by atoms with Crippen LogP contribution in [0.3, 0.4) is 0 Å². The van der Waals surface area contributed by atoms with Crippen LogP contribution in [0.25, 0.3) is 11.0 Å². The molecule has 1 atom stereocenters. The highest BCUT2D eigenvalue weighted by atomic mass is 16.6. The minimum Gasteiger partial charge on any atom is -0.467 e. The number of aromatic amines is 2. The molecular weight excluding hydrogens is 278 g/mol. The Labute approximate surface area is 118 Å². The number of aromatic nitrogens is 2. The van der Waals surface area contributed by atoms with E-state index < -0.39 is 23.1 Å². The van der Waals surface area contributed by atoms with Crippen LogP contribution in [-0.4, -0.2) is 36.3 Å². The lowest BCUT2D eigenvalue weighted by molar-refractivity contribution is -0.146. The van der Waals surface area contributed by atoms with Gasteiger partial charge in [-0.2, -0.15) is 0 Å². The van der Waals surface area contributed by atoms with Crippen LogP contribution in [0.4, 0.5) is 0 Å². The molecule has 0 aliphatic rings. The second-order valence-electron chi connectivity index (χ2n) is 4.41. The molecule has 0 amide bonds. The summed E-state index contributed by atoms with van der Waals surface area (Å²) in [6, 6.07) is 4.53. The van der Waals surface area contributed by atoms with E-state index in [2.05, 4.69) is 14.7 Å². The monoisotopic (exact) mass is 293 g/mol. The quantitative estimate of drug-likeness (QED) is 0.499. The van der Waals surface area contributed by atoms with Gasteiger partial charge in [0.25, 0.3) is 0 Å². The molecule has 0 radical (unpaired) electrons. The van der Waals surface area contributed by atoms with Crippen LogP contribution in [0, 0.1) is 0 Å². The highest BCUT2D eigenvalue weighted by molar-refractivity contribution is 5.74. The Kier molecular flexibility index (Phi) is 4.51. The number of rotatable bonds is 5. The van der Waals surface area contributed by atoms with E-state index in [-0.39, 0.29) is 13.2 Å². The molecule has 0 bridgehead atoms. The predicted octanol–water partition coefficient (Wildman–Crippen LogP) is -0.594. The first-order valence-electron chi connectivity index (χ1n) is 6.17. The Morgan fingerprint density at radius 1 is 1.24 bits per heavy atom. The summed E-state index contributed by atoms with van der Waals surface area (Å²) in [5.41, 5.74) is 6.19. The highest BCUT2D eigenvalue weighted by Gasteiger charge is 2.09. The van der Waals surface area contributed by atoms with Crippen LogP contribution in [0.5, 0.6) is 0 Å². The SMILES string of the molecule is COC(=O)COCC(N)c1ccc2[nH]c(=O)c(=O)[nH]c2c1. The Hall–Kier alpha value is -2.45. The zero-order valence-corrected chi connectivity index (χ0v) is 11.3. The van der Waals surface area contributed by atoms with Crippen molar-refractivity contribution in [2.24, 2.45) is 5.73 Å². The first-order valence-corrected chi connectivity index (χ1v) is 6.17. The molecule has 0 saturated carbocycles. The van der Waals surface area contributed by atoms with Crippen molar-refractivity contribution in [3.05, 3.63) is 44.5 Å². The molecule has 1 aromatic carbocycles. The van der Waals surface area contributed by atoms with Crippen LogP contribution in [0.1, 0.15) is 11.6 Å². The Bertz CT molecular complexity index is 764. The maximum Gasteiger partial charge on any atom is 0.331 e. The van der Waals surface area contributed by atoms with Gasteiger partial charge in [0, 0.05) is 0 Å².